The Balaban J connectivity index is 1.94. The first-order valence-corrected chi connectivity index (χ1v) is 4.78. The van der Waals surface area contributed by atoms with E-state index >= 15 is 0 Å². The lowest BCUT2D eigenvalue weighted by Gasteiger charge is -1.97. The summed E-state index contributed by atoms with van der Waals surface area (Å²) in [4.78, 5) is 11.5. The van der Waals surface area contributed by atoms with Crippen LogP contribution in [0.1, 0.15) is 16.1 Å². The van der Waals surface area contributed by atoms with Gasteiger partial charge in [-0.05, 0) is 24.3 Å². The lowest BCUT2D eigenvalue weighted by Crippen LogP contribution is -2.17. The van der Waals surface area contributed by atoms with Crippen LogP contribution in [0.15, 0.2) is 58.2 Å². The number of furan rings is 1. The van der Waals surface area contributed by atoms with Crippen LogP contribution in [-0.4, -0.2) is 12.1 Å². The molecule has 0 radical (unpaired) electrons. The normalized spacial score (nSPS) is 10.5. The maximum absolute atomic E-state index is 11.5. The summed E-state index contributed by atoms with van der Waals surface area (Å²) < 4.78 is 5.02. The van der Waals surface area contributed by atoms with E-state index in [0.29, 0.717) is 11.3 Å². The highest BCUT2D eigenvalue weighted by Crippen LogP contribution is 1.98. The zero-order chi connectivity index (χ0) is 11.2. The Bertz CT molecular complexity index is 475. The van der Waals surface area contributed by atoms with Gasteiger partial charge in [0.25, 0.3) is 5.91 Å². The van der Waals surface area contributed by atoms with Gasteiger partial charge >= 0.3 is 0 Å². The molecular formula is C12H10N2O2. The van der Waals surface area contributed by atoms with E-state index in [2.05, 4.69) is 10.5 Å². The van der Waals surface area contributed by atoms with Crippen LogP contribution in [0.25, 0.3) is 0 Å². The van der Waals surface area contributed by atoms with Crippen LogP contribution in [0.5, 0.6) is 0 Å². The molecule has 0 bridgehead atoms. The summed E-state index contributed by atoms with van der Waals surface area (Å²) in [5.74, 6) is 0.344. The molecule has 1 amide bonds. The zero-order valence-electron chi connectivity index (χ0n) is 8.46. The van der Waals surface area contributed by atoms with Gasteiger partial charge in [0.1, 0.15) is 5.76 Å². The summed E-state index contributed by atoms with van der Waals surface area (Å²) in [7, 11) is 0. The minimum Gasteiger partial charge on any atom is -0.463 e. The van der Waals surface area contributed by atoms with E-state index < -0.39 is 0 Å². The first kappa shape index (κ1) is 10.2. The average Bonchev–Trinajstić information content (AvgIpc) is 2.83. The molecule has 0 fully saturated rings. The standard InChI is InChI=1S/C12H10N2O2/c15-12(10-5-2-1-3-6-10)14-13-9-11-7-4-8-16-11/h1-9H,(H,14,15)/b13-9-. The summed E-state index contributed by atoms with van der Waals surface area (Å²) >= 11 is 0. The van der Waals surface area contributed by atoms with E-state index in [-0.39, 0.29) is 5.91 Å². The van der Waals surface area contributed by atoms with Gasteiger partial charge in [-0.2, -0.15) is 5.10 Å². The number of carbonyl (C=O) groups excluding carboxylic acids is 1. The van der Waals surface area contributed by atoms with Crippen molar-refractivity contribution in [3.05, 3.63) is 60.1 Å². The van der Waals surface area contributed by atoms with Gasteiger partial charge in [-0.15, -0.1) is 0 Å². The van der Waals surface area contributed by atoms with Gasteiger partial charge in [0.15, 0.2) is 0 Å². The van der Waals surface area contributed by atoms with Crippen molar-refractivity contribution in [2.45, 2.75) is 0 Å². The lowest BCUT2D eigenvalue weighted by molar-refractivity contribution is 0.0955. The first-order valence-electron chi connectivity index (χ1n) is 4.78. The number of amides is 1. The molecule has 2 rings (SSSR count). The number of nitrogens with one attached hydrogen (secondary N) is 1. The molecule has 0 saturated carbocycles. The van der Waals surface area contributed by atoms with Crippen LogP contribution in [-0.2, 0) is 0 Å². The SMILES string of the molecule is O=C(N/N=C\c1ccco1)c1ccccc1. The highest BCUT2D eigenvalue weighted by atomic mass is 16.3. The molecule has 80 valence electrons. The van der Waals surface area contributed by atoms with Crippen LogP contribution >= 0.6 is 0 Å². The number of nitrogens with zero attached hydrogens (tertiary/aromatic N) is 1. The second-order valence-corrected chi connectivity index (χ2v) is 3.08. The molecule has 0 aliphatic rings. The Morgan fingerprint density at radius 1 is 1.19 bits per heavy atom. The molecule has 2 aromatic rings. The van der Waals surface area contributed by atoms with Gasteiger partial charge in [-0.25, -0.2) is 5.43 Å². The molecule has 1 aromatic carbocycles. The molecule has 4 heteroatoms. The molecule has 0 atom stereocenters. The van der Waals surface area contributed by atoms with E-state index in [1.165, 1.54) is 6.21 Å². The summed E-state index contributed by atoms with van der Waals surface area (Å²) in [6.45, 7) is 0. The van der Waals surface area contributed by atoms with Crippen LogP contribution < -0.4 is 5.43 Å². The maximum atomic E-state index is 11.5. The third kappa shape index (κ3) is 2.57. The Kier molecular flexibility index (Phi) is 3.13. The van der Waals surface area contributed by atoms with Crippen LogP contribution in [0.4, 0.5) is 0 Å². The summed E-state index contributed by atoms with van der Waals surface area (Å²) in [6.07, 6.45) is 2.99. The fourth-order valence-corrected chi connectivity index (χ4v) is 1.17. The fourth-order valence-electron chi connectivity index (χ4n) is 1.17. The largest absolute Gasteiger partial charge is 0.463 e. The Hall–Kier alpha value is -2.36. The number of hydrogen-bond donors (Lipinski definition) is 1. The van der Waals surface area contributed by atoms with Crippen molar-refractivity contribution < 1.29 is 9.21 Å². The number of hydrogen-bond acceptors (Lipinski definition) is 3. The van der Waals surface area contributed by atoms with Gasteiger partial charge in [0.2, 0.25) is 0 Å². The van der Waals surface area contributed by atoms with Crippen molar-refractivity contribution in [3.8, 4) is 0 Å². The van der Waals surface area contributed by atoms with Gasteiger partial charge in [-0.3, -0.25) is 4.79 Å². The molecule has 0 saturated heterocycles. The minimum atomic E-state index is -0.247. The van der Waals surface area contributed by atoms with E-state index in [9.17, 15) is 4.79 Å². The Morgan fingerprint density at radius 3 is 2.69 bits per heavy atom. The number of rotatable bonds is 3. The Labute approximate surface area is 92.6 Å². The minimum absolute atomic E-state index is 0.247. The van der Waals surface area contributed by atoms with Crippen molar-refractivity contribution in [2.75, 3.05) is 0 Å². The van der Waals surface area contributed by atoms with Crippen molar-refractivity contribution in [1.82, 2.24) is 5.43 Å². The summed E-state index contributed by atoms with van der Waals surface area (Å²) in [5, 5.41) is 3.77. The average molecular weight is 214 g/mol. The molecule has 16 heavy (non-hydrogen) atoms. The number of carbonyl (C=O) groups is 1. The van der Waals surface area contributed by atoms with E-state index in [4.69, 9.17) is 4.42 Å². The second kappa shape index (κ2) is 4.93. The zero-order valence-corrected chi connectivity index (χ0v) is 8.46. The molecule has 1 aromatic heterocycles. The molecule has 0 aliphatic heterocycles. The second-order valence-electron chi connectivity index (χ2n) is 3.08. The lowest BCUT2D eigenvalue weighted by atomic mass is 10.2. The summed E-state index contributed by atoms with van der Waals surface area (Å²) in [6, 6.07) is 12.4. The Morgan fingerprint density at radius 2 is 2.00 bits per heavy atom. The van der Waals surface area contributed by atoms with Crippen molar-refractivity contribution >= 4 is 12.1 Å². The van der Waals surface area contributed by atoms with Gasteiger partial charge in [-0.1, -0.05) is 18.2 Å². The molecule has 1 heterocycles. The smallest absolute Gasteiger partial charge is 0.271 e. The predicted molar refractivity (Wildman–Crippen MR) is 60.2 cm³/mol. The van der Waals surface area contributed by atoms with E-state index in [1.54, 1.807) is 42.7 Å². The molecular weight excluding hydrogens is 204 g/mol. The first-order chi connectivity index (χ1) is 7.86. The molecule has 0 aliphatic carbocycles. The molecule has 0 spiro atoms. The van der Waals surface area contributed by atoms with Crippen LogP contribution in [0.2, 0.25) is 0 Å². The van der Waals surface area contributed by atoms with Gasteiger partial charge in [0, 0.05) is 5.56 Å². The van der Waals surface area contributed by atoms with Crippen molar-refractivity contribution in [3.63, 3.8) is 0 Å². The molecule has 1 N–H and O–H groups in total. The van der Waals surface area contributed by atoms with Crippen molar-refractivity contribution in [1.29, 1.82) is 0 Å². The number of hydrazone groups is 1. The molecule has 0 unspecified atom stereocenters. The predicted octanol–water partition coefficient (Wildman–Crippen LogP) is 2.04. The topological polar surface area (TPSA) is 54.6 Å². The number of benzene rings is 1. The maximum Gasteiger partial charge on any atom is 0.271 e. The van der Waals surface area contributed by atoms with Gasteiger partial charge in [0.05, 0.1) is 12.5 Å². The third-order valence-corrected chi connectivity index (χ3v) is 1.94. The van der Waals surface area contributed by atoms with E-state index in [1.807, 2.05) is 6.07 Å². The quantitative estimate of drug-likeness (QED) is 0.628. The van der Waals surface area contributed by atoms with E-state index in [0.717, 1.165) is 0 Å². The third-order valence-electron chi connectivity index (χ3n) is 1.94. The molecule has 4 nitrogen and oxygen atoms in total. The monoisotopic (exact) mass is 214 g/mol. The van der Waals surface area contributed by atoms with Gasteiger partial charge < -0.3 is 4.42 Å². The van der Waals surface area contributed by atoms with Crippen molar-refractivity contribution in [2.24, 2.45) is 5.10 Å². The van der Waals surface area contributed by atoms with Crippen LogP contribution in [0.3, 0.4) is 0 Å². The highest BCUT2D eigenvalue weighted by Gasteiger charge is 2.01. The fraction of sp³-hybridized carbons (Fsp3) is 0. The highest BCUT2D eigenvalue weighted by molar-refractivity contribution is 5.94. The van der Waals surface area contributed by atoms with Crippen LogP contribution in [0, 0.1) is 0 Å². The summed E-state index contributed by atoms with van der Waals surface area (Å²) in [5.41, 5.74) is 2.98.